The molecule has 0 heterocycles. The lowest BCUT2D eigenvalue weighted by molar-refractivity contribution is -0.179. The molecule has 0 saturated carbocycles. The normalized spacial score (nSPS) is 12.5. The standard InChI is InChI=1S/C25H48O3/c1-4-7-9-10-11-12-13-14-15-16-17-18-19-20-21-22-24(26)28-25(6-3)27-23-8-5-2/h14-15,25H,4-13,16-23H2,1-3H3/b15-14+. The molecule has 0 radical (unpaired) electrons. The molecule has 166 valence electrons. The summed E-state index contributed by atoms with van der Waals surface area (Å²) in [6, 6.07) is 0. The number of hydrogen-bond donors (Lipinski definition) is 0. The summed E-state index contributed by atoms with van der Waals surface area (Å²) in [5.41, 5.74) is 0. The zero-order valence-electron chi connectivity index (χ0n) is 19.2. The van der Waals surface area contributed by atoms with E-state index in [9.17, 15) is 4.79 Å². The molecule has 1 unspecified atom stereocenters. The molecule has 0 aliphatic carbocycles. The van der Waals surface area contributed by atoms with E-state index in [1.807, 2.05) is 6.92 Å². The molecule has 0 saturated heterocycles. The van der Waals surface area contributed by atoms with Crippen LogP contribution in [0.25, 0.3) is 0 Å². The number of unbranched alkanes of at least 4 members (excludes halogenated alkanes) is 12. The van der Waals surface area contributed by atoms with E-state index in [0.717, 1.165) is 32.1 Å². The maximum atomic E-state index is 11.9. The fraction of sp³-hybridized carbons (Fsp3) is 0.880. The van der Waals surface area contributed by atoms with Crippen LogP contribution in [0.1, 0.15) is 130 Å². The van der Waals surface area contributed by atoms with Gasteiger partial charge >= 0.3 is 5.97 Å². The summed E-state index contributed by atoms with van der Waals surface area (Å²) < 4.78 is 11.0. The van der Waals surface area contributed by atoms with Crippen LogP contribution >= 0.6 is 0 Å². The van der Waals surface area contributed by atoms with Gasteiger partial charge in [-0.05, 0) is 38.5 Å². The Balaban J connectivity index is 3.39. The predicted octanol–water partition coefficient (Wildman–Crippen LogP) is 8.12. The second-order valence-corrected chi connectivity index (χ2v) is 7.89. The molecule has 0 aromatic heterocycles. The van der Waals surface area contributed by atoms with Gasteiger partial charge in [-0.25, -0.2) is 0 Å². The van der Waals surface area contributed by atoms with Crippen LogP contribution in [0.15, 0.2) is 12.2 Å². The van der Waals surface area contributed by atoms with Crippen LogP contribution in [-0.2, 0) is 14.3 Å². The van der Waals surface area contributed by atoms with Gasteiger partial charge in [-0.2, -0.15) is 0 Å². The van der Waals surface area contributed by atoms with Crippen molar-refractivity contribution in [3.63, 3.8) is 0 Å². The molecule has 0 aromatic rings. The number of carbonyl (C=O) groups excluding carboxylic acids is 1. The summed E-state index contributed by atoms with van der Waals surface area (Å²) in [5, 5.41) is 0. The Kier molecular flexibility index (Phi) is 21.8. The monoisotopic (exact) mass is 396 g/mol. The van der Waals surface area contributed by atoms with E-state index in [1.54, 1.807) is 0 Å². The van der Waals surface area contributed by atoms with Crippen molar-refractivity contribution >= 4 is 5.97 Å². The van der Waals surface area contributed by atoms with E-state index in [2.05, 4.69) is 26.0 Å². The second-order valence-electron chi connectivity index (χ2n) is 7.89. The average molecular weight is 397 g/mol. The van der Waals surface area contributed by atoms with Crippen molar-refractivity contribution in [2.45, 2.75) is 136 Å². The van der Waals surface area contributed by atoms with Gasteiger partial charge in [0, 0.05) is 12.8 Å². The van der Waals surface area contributed by atoms with Crippen LogP contribution in [0.3, 0.4) is 0 Å². The Bertz CT molecular complexity index is 352. The highest BCUT2D eigenvalue weighted by Gasteiger charge is 2.12. The summed E-state index contributed by atoms with van der Waals surface area (Å²) in [5.74, 6) is -0.110. The minimum atomic E-state index is -0.359. The van der Waals surface area contributed by atoms with Crippen LogP contribution in [0.4, 0.5) is 0 Å². The van der Waals surface area contributed by atoms with Crippen LogP contribution in [0.5, 0.6) is 0 Å². The minimum absolute atomic E-state index is 0.110. The average Bonchev–Trinajstić information content (AvgIpc) is 2.70. The van der Waals surface area contributed by atoms with Crippen molar-refractivity contribution in [1.82, 2.24) is 0 Å². The smallest absolute Gasteiger partial charge is 0.308 e. The lowest BCUT2D eigenvalue weighted by atomic mass is 10.1. The van der Waals surface area contributed by atoms with Crippen LogP contribution in [-0.4, -0.2) is 18.9 Å². The van der Waals surface area contributed by atoms with Gasteiger partial charge in [0.25, 0.3) is 0 Å². The van der Waals surface area contributed by atoms with E-state index in [0.29, 0.717) is 13.0 Å². The fourth-order valence-electron chi connectivity index (χ4n) is 3.14. The van der Waals surface area contributed by atoms with Gasteiger partial charge < -0.3 is 9.47 Å². The SMILES string of the molecule is CCCCCCCC/C=C/CCCCCCCC(=O)OC(CC)OCCCC. The van der Waals surface area contributed by atoms with E-state index >= 15 is 0 Å². The third-order valence-electron chi connectivity index (χ3n) is 5.04. The van der Waals surface area contributed by atoms with Crippen molar-refractivity contribution in [3.05, 3.63) is 12.2 Å². The van der Waals surface area contributed by atoms with Gasteiger partial charge in [0.05, 0.1) is 6.61 Å². The summed E-state index contributed by atoms with van der Waals surface area (Å²) in [6.45, 7) is 7.06. The third-order valence-corrected chi connectivity index (χ3v) is 5.04. The van der Waals surface area contributed by atoms with E-state index in [4.69, 9.17) is 9.47 Å². The number of ether oxygens (including phenoxy) is 2. The van der Waals surface area contributed by atoms with Crippen molar-refractivity contribution < 1.29 is 14.3 Å². The molecule has 1 atom stereocenters. The zero-order chi connectivity index (χ0) is 20.7. The maximum Gasteiger partial charge on any atom is 0.308 e. The second kappa shape index (κ2) is 22.5. The molecule has 0 N–H and O–H groups in total. The first-order valence-corrected chi connectivity index (χ1v) is 12.2. The quantitative estimate of drug-likeness (QED) is 0.0850. The molecule has 0 aliphatic heterocycles. The highest BCUT2D eigenvalue weighted by atomic mass is 16.7. The topological polar surface area (TPSA) is 35.5 Å². The molecule has 0 fully saturated rings. The Labute approximate surface area is 175 Å². The maximum absolute atomic E-state index is 11.9. The van der Waals surface area contributed by atoms with Gasteiger partial charge in [-0.15, -0.1) is 0 Å². The van der Waals surface area contributed by atoms with Crippen molar-refractivity contribution in [3.8, 4) is 0 Å². The number of rotatable bonds is 21. The molecule has 3 heteroatoms. The fourth-order valence-corrected chi connectivity index (χ4v) is 3.14. The number of esters is 1. The summed E-state index contributed by atoms with van der Waals surface area (Å²) in [4.78, 5) is 11.9. The Morgan fingerprint density at radius 3 is 1.82 bits per heavy atom. The highest BCUT2D eigenvalue weighted by Crippen LogP contribution is 2.11. The van der Waals surface area contributed by atoms with Crippen molar-refractivity contribution in [2.75, 3.05) is 6.61 Å². The Morgan fingerprint density at radius 1 is 0.714 bits per heavy atom. The van der Waals surface area contributed by atoms with Crippen molar-refractivity contribution in [2.24, 2.45) is 0 Å². The molecule has 0 amide bonds. The molecule has 0 bridgehead atoms. The van der Waals surface area contributed by atoms with Gasteiger partial charge in [-0.1, -0.05) is 90.7 Å². The zero-order valence-corrected chi connectivity index (χ0v) is 19.2. The van der Waals surface area contributed by atoms with Crippen LogP contribution in [0, 0.1) is 0 Å². The number of allylic oxidation sites excluding steroid dienone is 2. The summed E-state index contributed by atoms with van der Waals surface area (Å²) in [6.07, 6.45) is 24.2. The van der Waals surface area contributed by atoms with Gasteiger partial charge in [0.1, 0.15) is 0 Å². The van der Waals surface area contributed by atoms with Crippen molar-refractivity contribution in [1.29, 1.82) is 0 Å². The highest BCUT2D eigenvalue weighted by molar-refractivity contribution is 5.69. The molecule has 28 heavy (non-hydrogen) atoms. The van der Waals surface area contributed by atoms with Gasteiger partial charge in [-0.3, -0.25) is 4.79 Å². The molecular weight excluding hydrogens is 348 g/mol. The first kappa shape index (κ1) is 27.2. The molecular formula is C25H48O3. The first-order valence-electron chi connectivity index (χ1n) is 12.2. The molecule has 0 aromatic carbocycles. The molecule has 0 rings (SSSR count). The van der Waals surface area contributed by atoms with E-state index in [-0.39, 0.29) is 12.3 Å². The predicted molar refractivity (Wildman–Crippen MR) is 120 cm³/mol. The van der Waals surface area contributed by atoms with Gasteiger partial charge in [0.15, 0.2) is 0 Å². The lowest BCUT2D eigenvalue weighted by Gasteiger charge is -2.16. The van der Waals surface area contributed by atoms with E-state index in [1.165, 1.54) is 70.6 Å². The lowest BCUT2D eigenvalue weighted by Crippen LogP contribution is -2.21. The first-order chi connectivity index (χ1) is 13.7. The van der Waals surface area contributed by atoms with Crippen LogP contribution < -0.4 is 0 Å². The molecule has 0 aliphatic rings. The summed E-state index contributed by atoms with van der Waals surface area (Å²) in [7, 11) is 0. The number of carbonyl (C=O) groups is 1. The van der Waals surface area contributed by atoms with Gasteiger partial charge in [0.2, 0.25) is 6.29 Å². The molecule has 3 nitrogen and oxygen atoms in total. The largest absolute Gasteiger partial charge is 0.436 e. The van der Waals surface area contributed by atoms with Crippen LogP contribution in [0.2, 0.25) is 0 Å². The molecule has 0 spiro atoms. The number of hydrogen-bond acceptors (Lipinski definition) is 3. The minimum Gasteiger partial charge on any atom is -0.436 e. The Morgan fingerprint density at radius 2 is 1.25 bits per heavy atom. The Hall–Kier alpha value is -0.830. The third kappa shape index (κ3) is 19.9. The van der Waals surface area contributed by atoms with E-state index < -0.39 is 0 Å². The summed E-state index contributed by atoms with van der Waals surface area (Å²) >= 11 is 0.